The van der Waals surface area contributed by atoms with Gasteiger partial charge in [0.25, 0.3) is 0 Å². The number of anilines is 1. The Kier molecular flexibility index (Phi) is 7.61. The molecule has 1 aromatic heterocycles. The summed E-state index contributed by atoms with van der Waals surface area (Å²) in [5.74, 6) is 1.80. The quantitative estimate of drug-likeness (QED) is 0.414. The van der Waals surface area contributed by atoms with Crippen molar-refractivity contribution in [3.05, 3.63) is 53.5 Å². The summed E-state index contributed by atoms with van der Waals surface area (Å²) in [6, 6.07) is 10.6. The number of aliphatic imine (C=N–C) groups is 1. The Morgan fingerprint density at radius 1 is 1.28 bits per heavy atom. The third-order valence-corrected chi connectivity index (χ3v) is 4.42. The van der Waals surface area contributed by atoms with Crippen LogP contribution in [-0.4, -0.2) is 33.1 Å². The molecule has 0 radical (unpaired) electrons. The van der Waals surface area contributed by atoms with E-state index in [9.17, 15) is 0 Å². The van der Waals surface area contributed by atoms with Crippen LogP contribution in [0, 0.1) is 0 Å². The number of hydrogen-bond acceptors (Lipinski definition) is 3. The number of furan rings is 1. The molecule has 0 bridgehead atoms. The topological polar surface area (TPSA) is 52.8 Å². The highest BCUT2D eigenvalue weighted by Crippen LogP contribution is 2.26. The van der Waals surface area contributed by atoms with Gasteiger partial charge in [-0.3, -0.25) is 4.99 Å². The summed E-state index contributed by atoms with van der Waals surface area (Å²) in [5, 5.41) is 6.70. The molecular formula is C19H27IN4O. The Morgan fingerprint density at radius 3 is 2.92 bits per heavy atom. The summed E-state index contributed by atoms with van der Waals surface area (Å²) in [4.78, 5) is 6.62. The summed E-state index contributed by atoms with van der Waals surface area (Å²) >= 11 is 0. The first-order chi connectivity index (χ1) is 11.8. The highest BCUT2D eigenvalue weighted by atomic mass is 127. The molecule has 0 unspecified atom stereocenters. The molecule has 5 nitrogen and oxygen atoms in total. The smallest absolute Gasteiger partial charge is 0.191 e. The number of fused-ring (bicyclic) bond motifs is 1. The van der Waals surface area contributed by atoms with E-state index in [0.717, 1.165) is 37.8 Å². The average molecular weight is 454 g/mol. The lowest BCUT2D eigenvalue weighted by Crippen LogP contribution is -2.37. The van der Waals surface area contributed by atoms with Gasteiger partial charge in [0.05, 0.1) is 6.26 Å². The molecule has 136 valence electrons. The number of rotatable bonds is 5. The molecule has 6 heteroatoms. The van der Waals surface area contributed by atoms with Crippen LogP contribution in [0.15, 0.2) is 46.0 Å². The van der Waals surface area contributed by atoms with Gasteiger partial charge in [0, 0.05) is 45.8 Å². The second-order valence-corrected chi connectivity index (χ2v) is 6.17. The van der Waals surface area contributed by atoms with Crippen LogP contribution in [0.2, 0.25) is 0 Å². The van der Waals surface area contributed by atoms with E-state index < -0.39 is 0 Å². The largest absolute Gasteiger partial charge is 0.469 e. The standard InChI is InChI=1S/C19H26N4O.HI/c1-20-19(21-10-9-17-6-4-12-24-17)22-14-15-7-8-18-16(13-15)5-3-11-23(18)2;/h4,6-8,12-13H,3,5,9-11,14H2,1-2H3,(H2,20,21,22);1H. The van der Waals surface area contributed by atoms with Crippen LogP contribution in [0.4, 0.5) is 5.69 Å². The lowest BCUT2D eigenvalue weighted by atomic mass is 9.99. The van der Waals surface area contributed by atoms with Crippen LogP contribution < -0.4 is 15.5 Å². The number of benzene rings is 1. The first-order valence-corrected chi connectivity index (χ1v) is 8.56. The maximum absolute atomic E-state index is 5.34. The van der Waals surface area contributed by atoms with Gasteiger partial charge in [0.15, 0.2) is 5.96 Å². The predicted octanol–water partition coefficient (Wildman–Crippen LogP) is 3.19. The number of nitrogens with one attached hydrogen (secondary N) is 2. The van der Waals surface area contributed by atoms with Gasteiger partial charge in [0.2, 0.25) is 0 Å². The molecule has 0 aliphatic carbocycles. The Labute approximate surface area is 166 Å². The Hall–Kier alpha value is -1.70. The van der Waals surface area contributed by atoms with E-state index in [1.54, 1.807) is 13.3 Å². The molecule has 1 aromatic carbocycles. The molecule has 25 heavy (non-hydrogen) atoms. The third kappa shape index (κ3) is 5.39. The maximum atomic E-state index is 5.34. The Bertz CT molecular complexity index is 685. The van der Waals surface area contributed by atoms with Gasteiger partial charge in [-0.25, -0.2) is 0 Å². The fourth-order valence-electron chi connectivity index (χ4n) is 3.11. The molecule has 0 saturated heterocycles. The first kappa shape index (κ1) is 19.6. The van der Waals surface area contributed by atoms with Crippen molar-refractivity contribution in [2.24, 2.45) is 4.99 Å². The normalized spacial score (nSPS) is 13.8. The number of guanidine groups is 1. The van der Waals surface area contributed by atoms with E-state index in [-0.39, 0.29) is 24.0 Å². The van der Waals surface area contributed by atoms with Gasteiger partial charge < -0.3 is 20.0 Å². The fourth-order valence-corrected chi connectivity index (χ4v) is 3.11. The zero-order valence-electron chi connectivity index (χ0n) is 14.9. The van der Waals surface area contributed by atoms with Crippen molar-refractivity contribution >= 4 is 35.6 Å². The second kappa shape index (κ2) is 9.70. The number of nitrogens with zero attached hydrogens (tertiary/aromatic N) is 2. The van der Waals surface area contributed by atoms with Crippen LogP contribution in [0.5, 0.6) is 0 Å². The summed E-state index contributed by atoms with van der Waals surface area (Å²) in [6.07, 6.45) is 4.95. The highest BCUT2D eigenvalue weighted by molar-refractivity contribution is 14.0. The van der Waals surface area contributed by atoms with Gasteiger partial charge in [-0.15, -0.1) is 24.0 Å². The van der Waals surface area contributed by atoms with Crippen molar-refractivity contribution in [3.8, 4) is 0 Å². The summed E-state index contributed by atoms with van der Waals surface area (Å²) < 4.78 is 5.34. The SMILES string of the molecule is CN=C(NCCc1ccco1)NCc1ccc2c(c1)CCCN2C.I. The lowest BCUT2D eigenvalue weighted by molar-refractivity contribution is 0.507. The molecule has 1 aliphatic rings. The van der Waals surface area contributed by atoms with Crippen LogP contribution in [-0.2, 0) is 19.4 Å². The minimum Gasteiger partial charge on any atom is -0.469 e. The molecule has 1 aliphatic heterocycles. The number of aryl methyl sites for hydroxylation is 1. The molecule has 0 amide bonds. The van der Waals surface area contributed by atoms with E-state index in [1.165, 1.54) is 29.7 Å². The van der Waals surface area contributed by atoms with Crippen molar-refractivity contribution in [1.29, 1.82) is 0 Å². The number of hydrogen-bond donors (Lipinski definition) is 2. The van der Waals surface area contributed by atoms with Crippen molar-refractivity contribution in [1.82, 2.24) is 10.6 Å². The molecule has 2 N–H and O–H groups in total. The maximum Gasteiger partial charge on any atom is 0.191 e. The molecule has 2 aromatic rings. The molecular weight excluding hydrogens is 427 g/mol. The Balaban J connectivity index is 0.00000225. The molecule has 0 atom stereocenters. The fraction of sp³-hybridized carbons (Fsp3) is 0.421. The van der Waals surface area contributed by atoms with Gasteiger partial charge in [-0.1, -0.05) is 12.1 Å². The predicted molar refractivity (Wildman–Crippen MR) is 114 cm³/mol. The van der Waals surface area contributed by atoms with Gasteiger partial charge in [0.1, 0.15) is 5.76 Å². The van der Waals surface area contributed by atoms with Crippen molar-refractivity contribution in [2.75, 3.05) is 32.1 Å². The zero-order chi connectivity index (χ0) is 16.8. The second-order valence-electron chi connectivity index (χ2n) is 6.17. The molecule has 2 heterocycles. The van der Waals surface area contributed by atoms with Crippen molar-refractivity contribution in [2.45, 2.75) is 25.8 Å². The van der Waals surface area contributed by atoms with Crippen LogP contribution >= 0.6 is 24.0 Å². The summed E-state index contributed by atoms with van der Waals surface area (Å²) in [6.45, 7) is 2.72. The average Bonchev–Trinajstić information content (AvgIpc) is 3.11. The third-order valence-electron chi connectivity index (χ3n) is 4.42. The van der Waals surface area contributed by atoms with E-state index >= 15 is 0 Å². The van der Waals surface area contributed by atoms with E-state index in [1.807, 2.05) is 12.1 Å². The van der Waals surface area contributed by atoms with Crippen LogP contribution in [0.1, 0.15) is 23.3 Å². The van der Waals surface area contributed by atoms with Gasteiger partial charge in [-0.05, 0) is 42.2 Å². The van der Waals surface area contributed by atoms with Gasteiger partial charge in [-0.2, -0.15) is 0 Å². The molecule has 0 saturated carbocycles. The lowest BCUT2D eigenvalue weighted by Gasteiger charge is -2.28. The summed E-state index contributed by atoms with van der Waals surface area (Å²) in [7, 11) is 3.96. The zero-order valence-corrected chi connectivity index (χ0v) is 17.2. The van der Waals surface area contributed by atoms with Gasteiger partial charge >= 0.3 is 0 Å². The van der Waals surface area contributed by atoms with Crippen LogP contribution in [0.3, 0.4) is 0 Å². The molecule has 0 spiro atoms. The number of halogens is 1. The molecule has 0 fully saturated rings. The van der Waals surface area contributed by atoms with Crippen LogP contribution in [0.25, 0.3) is 0 Å². The van der Waals surface area contributed by atoms with Crippen molar-refractivity contribution < 1.29 is 4.42 Å². The first-order valence-electron chi connectivity index (χ1n) is 8.56. The van der Waals surface area contributed by atoms with E-state index in [0.29, 0.717) is 0 Å². The Morgan fingerprint density at radius 2 is 2.16 bits per heavy atom. The monoisotopic (exact) mass is 454 g/mol. The highest BCUT2D eigenvalue weighted by Gasteiger charge is 2.13. The minimum absolute atomic E-state index is 0. The van der Waals surface area contributed by atoms with E-state index in [2.05, 4.69) is 45.8 Å². The molecule has 3 rings (SSSR count). The summed E-state index contributed by atoms with van der Waals surface area (Å²) in [5.41, 5.74) is 4.10. The minimum atomic E-state index is 0. The van der Waals surface area contributed by atoms with E-state index in [4.69, 9.17) is 4.42 Å². The van der Waals surface area contributed by atoms with Crippen molar-refractivity contribution in [3.63, 3.8) is 0 Å².